The van der Waals surface area contributed by atoms with E-state index in [1.807, 2.05) is 18.2 Å². The lowest BCUT2D eigenvalue weighted by atomic mass is 9.68. The number of nitrogens with one attached hydrogen (secondary N) is 2. The molecule has 1 amide bonds. The van der Waals surface area contributed by atoms with Gasteiger partial charge in [0.1, 0.15) is 5.76 Å². The van der Waals surface area contributed by atoms with Gasteiger partial charge in [0.25, 0.3) is 5.91 Å². The smallest absolute Gasteiger partial charge is 0.251 e. The molecule has 4 nitrogen and oxygen atoms in total. The van der Waals surface area contributed by atoms with Crippen LogP contribution in [0.25, 0.3) is 0 Å². The van der Waals surface area contributed by atoms with E-state index in [9.17, 15) is 4.79 Å². The van der Waals surface area contributed by atoms with E-state index in [1.165, 1.54) is 36.1 Å². The Labute approximate surface area is 199 Å². The minimum atomic E-state index is 0.0290. The predicted octanol–water partition coefficient (Wildman–Crippen LogP) is 6.24. The summed E-state index contributed by atoms with van der Waals surface area (Å²) in [4.78, 5) is 12.9. The summed E-state index contributed by atoms with van der Waals surface area (Å²) in [6.45, 7) is 0.659. The van der Waals surface area contributed by atoms with E-state index in [0.717, 1.165) is 34.7 Å². The van der Waals surface area contributed by atoms with Crippen molar-refractivity contribution in [3.63, 3.8) is 0 Å². The number of carbonyl (C=O) groups excluding carboxylic acids is 1. The van der Waals surface area contributed by atoms with Gasteiger partial charge < -0.3 is 15.1 Å². The zero-order valence-electron chi connectivity index (χ0n) is 18.7. The van der Waals surface area contributed by atoms with E-state index >= 15 is 0 Å². The van der Waals surface area contributed by atoms with Gasteiger partial charge in [-0.3, -0.25) is 4.79 Å². The summed E-state index contributed by atoms with van der Waals surface area (Å²) in [5, 5.41) is 6.97. The normalized spacial score (nSPS) is 27.0. The molecule has 1 aliphatic heterocycles. The van der Waals surface area contributed by atoms with Crippen molar-refractivity contribution in [2.75, 3.05) is 17.6 Å². The van der Waals surface area contributed by atoms with Gasteiger partial charge in [-0.2, -0.15) is 11.8 Å². The second kappa shape index (κ2) is 8.94. The van der Waals surface area contributed by atoms with Gasteiger partial charge in [-0.25, -0.2) is 0 Å². The van der Waals surface area contributed by atoms with E-state index in [4.69, 9.17) is 4.42 Å². The van der Waals surface area contributed by atoms with Crippen LogP contribution in [0.4, 0.5) is 5.69 Å². The third-order valence-corrected chi connectivity index (χ3v) is 8.85. The number of hydrogen-bond donors (Lipinski definition) is 2. The van der Waals surface area contributed by atoms with Crippen LogP contribution in [-0.2, 0) is 5.75 Å². The molecule has 6 rings (SSSR count). The molecule has 0 radical (unpaired) electrons. The molecule has 1 aromatic heterocycles. The summed E-state index contributed by atoms with van der Waals surface area (Å²) in [7, 11) is 0. The van der Waals surface area contributed by atoms with Gasteiger partial charge in [0, 0.05) is 23.5 Å². The zero-order valence-corrected chi connectivity index (χ0v) is 19.5. The highest BCUT2D eigenvalue weighted by atomic mass is 32.2. The molecule has 0 saturated heterocycles. The number of carbonyl (C=O) groups is 1. The van der Waals surface area contributed by atoms with Gasteiger partial charge in [0.2, 0.25) is 0 Å². The largest absolute Gasteiger partial charge is 0.468 e. The molecule has 170 valence electrons. The Bertz CT molecular complexity index is 1110. The van der Waals surface area contributed by atoms with Gasteiger partial charge in [0.15, 0.2) is 0 Å². The topological polar surface area (TPSA) is 54.3 Å². The van der Waals surface area contributed by atoms with Crippen LogP contribution in [0.5, 0.6) is 0 Å². The molecule has 0 unspecified atom stereocenters. The molecule has 3 aliphatic rings. The maximum atomic E-state index is 12.9. The fraction of sp³-hybridized carbons (Fsp3) is 0.393. The van der Waals surface area contributed by atoms with Gasteiger partial charge in [-0.05, 0) is 84.4 Å². The van der Waals surface area contributed by atoms with Gasteiger partial charge >= 0.3 is 0 Å². The van der Waals surface area contributed by atoms with Gasteiger partial charge in [-0.1, -0.05) is 30.3 Å². The molecule has 2 bridgehead atoms. The molecule has 3 aromatic rings. The van der Waals surface area contributed by atoms with Crippen molar-refractivity contribution in [3.05, 3.63) is 89.4 Å². The van der Waals surface area contributed by atoms with E-state index in [0.29, 0.717) is 24.4 Å². The molecule has 2 N–H and O–H groups in total. The minimum absolute atomic E-state index is 0.0290. The summed E-state index contributed by atoms with van der Waals surface area (Å²) in [5.74, 6) is 5.42. The molecule has 2 aliphatic carbocycles. The number of furan rings is 1. The van der Waals surface area contributed by atoms with Crippen molar-refractivity contribution in [1.82, 2.24) is 5.32 Å². The second-order valence-corrected chi connectivity index (χ2v) is 10.8. The third kappa shape index (κ3) is 3.97. The highest BCUT2D eigenvalue weighted by Gasteiger charge is 2.53. The number of fused-ring (bicyclic) bond motifs is 7. The van der Waals surface area contributed by atoms with Crippen LogP contribution < -0.4 is 10.6 Å². The van der Waals surface area contributed by atoms with E-state index < -0.39 is 0 Å². The first-order valence-corrected chi connectivity index (χ1v) is 13.3. The molecular formula is C28H30N2O2S. The monoisotopic (exact) mass is 458 g/mol. The fourth-order valence-electron chi connectivity index (χ4n) is 6.52. The van der Waals surface area contributed by atoms with Crippen LogP contribution in [0.3, 0.4) is 0 Å². The number of hydrogen-bond acceptors (Lipinski definition) is 4. The predicted molar refractivity (Wildman–Crippen MR) is 134 cm³/mol. The number of amides is 1. The first kappa shape index (κ1) is 20.9. The maximum absolute atomic E-state index is 12.9. The van der Waals surface area contributed by atoms with Crippen molar-refractivity contribution in [1.29, 1.82) is 0 Å². The van der Waals surface area contributed by atoms with Crippen molar-refractivity contribution < 1.29 is 9.21 Å². The fourth-order valence-corrected chi connectivity index (χ4v) is 7.28. The standard InChI is InChI=1S/C28H30N2O2S/c31-28(29-12-14-33-17-22-7-4-13-32-22)21-10-11-24-23(16-21)25-19-8-9-20(15-19)26(25)27(30-24)18-5-2-1-3-6-18/h1-7,10-11,13,16,19-20,25-27,30H,8-9,12,14-15,17H2,(H,29,31)/t19-,20-,25-,26+,27-/m0/s1. The average Bonchev–Trinajstić information content (AvgIpc) is 3.62. The van der Waals surface area contributed by atoms with Crippen LogP contribution in [-0.4, -0.2) is 18.2 Å². The number of anilines is 1. The second-order valence-electron chi connectivity index (χ2n) is 9.66. The maximum Gasteiger partial charge on any atom is 0.251 e. The molecule has 33 heavy (non-hydrogen) atoms. The highest BCUT2D eigenvalue weighted by molar-refractivity contribution is 7.98. The van der Waals surface area contributed by atoms with Gasteiger partial charge in [0.05, 0.1) is 18.1 Å². The van der Waals surface area contributed by atoms with Crippen LogP contribution in [0.1, 0.15) is 58.5 Å². The first-order chi connectivity index (χ1) is 16.3. The number of benzene rings is 2. The Balaban J connectivity index is 1.17. The number of thioether (sulfide) groups is 1. The zero-order chi connectivity index (χ0) is 22.2. The Hall–Kier alpha value is -2.66. The van der Waals surface area contributed by atoms with Crippen molar-refractivity contribution in [2.24, 2.45) is 17.8 Å². The molecule has 2 heterocycles. The molecule has 2 saturated carbocycles. The summed E-state index contributed by atoms with van der Waals surface area (Å²) in [6.07, 6.45) is 5.71. The lowest BCUT2D eigenvalue weighted by molar-refractivity contribution is 0.0956. The number of rotatable bonds is 7. The van der Waals surface area contributed by atoms with Crippen LogP contribution >= 0.6 is 11.8 Å². The van der Waals surface area contributed by atoms with Crippen LogP contribution in [0.2, 0.25) is 0 Å². The SMILES string of the molecule is O=C(NCCSCc1ccco1)c1ccc2c(c1)[C@@H]1[C@H]3CC[C@@H](C3)[C@H]1[C@H](c1ccccc1)N2. The average molecular weight is 459 g/mol. The highest BCUT2D eigenvalue weighted by Crippen LogP contribution is 2.63. The molecule has 5 atom stereocenters. The van der Waals surface area contributed by atoms with E-state index in [-0.39, 0.29) is 5.91 Å². The lowest BCUT2D eigenvalue weighted by Crippen LogP contribution is -2.35. The molecular weight excluding hydrogens is 428 g/mol. The minimum Gasteiger partial charge on any atom is -0.468 e. The van der Waals surface area contributed by atoms with Gasteiger partial charge in [-0.15, -0.1) is 0 Å². The molecule has 2 fully saturated rings. The van der Waals surface area contributed by atoms with E-state index in [2.05, 4.69) is 53.1 Å². The Morgan fingerprint density at radius 2 is 1.94 bits per heavy atom. The molecule has 0 spiro atoms. The summed E-state index contributed by atoms with van der Waals surface area (Å²) in [6, 6.07) is 21.5. The Morgan fingerprint density at radius 3 is 2.79 bits per heavy atom. The third-order valence-electron chi connectivity index (χ3n) is 7.86. The first-order valence-electron chi connectivity index (χ1n) is 12.1. The summed E-state index contributed by atoms with van der Waals surface area (Å²) >= 11 is 1.77. The summed E-state index contributed by atoms with van der Waals surface area (Å²) in [5.41, 5.74) is 4.74. The molecule has 2 aromatic carbocycles. The van der Waals surface area contributed by atoms with Crippen LogP contribution in [0.15, 0.2) is 71.3 Å². The van der Waals surface area contributed by atoms with Crippen molar-refractivity contribution >= 4 is 23.4 Å². The summed E-state index contributed by atoms with van der Waals surface area (Å²) < 4.78 is 5.36. The Morgan fingerprint density at radius 1 is 1.06 bits per heavy atom. The lowest BCUT2D eigenvalue weighted by Gasteiger charge is -2.43. The van der Waals surface area contributed by atoms with Crippen molar-refractivity contribution in [3.8, 4) is 0 Å². The quantitative estimate of drug-likeness (QED) is 0.412. The molecule has 5 heteroatoms. The Kier molecular flexibility index (Phi) is 5.67. The van der Waals surface area contributed by atoms with Crippen molar-refractivity contribution in [2.45, 2.75) is 37.0 Å². The van der Waals surface area contributed by atoms with E-state index in [1.54, 1.807) is 18.0 Å². The van der Waals surface area contributed by atoms with Crippen LogP contribution in [0, 0.1) is 17.8 Å².